The molecule has 0 aliphatic heterocycles. The Hall–Kier alpha value is -2.63. The second-order valence-electron chi connectivity index (χ2n) is 7.10. The molecule has 3 N–H and O–H groups in total. The van der Waals surface area contributed by atoms with E-state index in [1.165, 1.54) is 12.8 Å². The molecule has 3 aromatic rings. The van der Waals surface area contributed by atoms with E-state index in [-0.39, 0.29) is 5.41 Å². The van der Waals surface area contributed by atoms with Gasteiger partial charge in [0.25, 0.3) is 0 Å². The first-order valence-electron chi connectivity index (χ1n) is 8.39. The first kappa shape index (κ1) is 14.9. The summed E-state index contributed by atoms with van der Waals surface area (Å²) in [5, 5.41) is 6.74. The Bertz CT molecular complexity index is 835. The number of rotatable bonds is 6. The number of benzene rings is 1. The summed E-state index contributed by atoms with van der Waals surface area (Å²) in [6, 6.07) is 9.99. The zero-order chi connectivity index (χ0) is 16.6. The van der Waals surface area contributed by atoms with Crippen molar-refractivity contribution in [1.29, 1.82) is 0 Å². The molecule has 6 heteroatoms. The number of hydrogen-bond donors (Lipinski definition) is 3. The van der Waals surface area contributed by atoms with Gasteiger partial charge < -0.3 is 15.6 Å². The van der Waals surface area contributed by atoms with Crippen molar-refractivity contribution in [2.24, 2.45) is 11.3 Å². The Morgan fingerprint density at radius 3 is 2.71 bits per heavy atom. The molecule has 0 saturated heterocycles. The highest BCUT2D eigenvalue weighted by Gasteiger charge is 2.37. The largest absolute Gasteiger partial charge is 0.354 e. The van der Waals surface area contributed by atoms with Crippen LogP contribution in [-0.4, -0.2) is 26.5 Å². The van der Waals surface area contributed by atoms with Crippen LogP contribution in [0.4, 0.5) is 17.5 Å². The minimum atomic E-state index is 0.261. The summed E-state index contributed by atoms with van der Waals surface area (Å²) in [7, 11) is 0. The topological polar surface area (TPSA) is 78.5 Å². The first-order valence-corrected chi connectivity index (χ1v) is 8.39. The van der Waals surface area contributed by atoms with Gasteiger partial charge in [-0.15, -0.1) is 0 Å². The predicted octanol–water partition coefficient (Wildman–Crippen LogP) is 3.94. The average Bonchev–Trinajstić information content (AvgIpc) is 3.34. The summed E-state index contributed by atoms with van der Waals surface area (Å²) in [6.45, 7) is 5.46. The summed E-state index contributed by atoms with van der Waals surface area (Å²) in [5.74, 6) is 2.15. The highest BCUT2D eigenvalue weighted by atomic mass is 15.2. The summed E-state index contributed by atoms with van der Waals surface area (Å²) in [6.07, 6.45) is 4.30. The van der Waals surface area contributed by atoms with E-state index in [0.29, 0.717) is 11.6 Å². The minimum absolute atomic E-state index is 0.261. The number of nitrogens with one attached hydrogen (secondary N) is 3. The van der Waals surface area contributed by atoms with Crippen molar-refractivity contribution in [3.05, 3.63) is 36.7 Å². The van der Waals surface area contributed by atoms with E-state index in [1.807, 2.05) is 30.3 Å². The molecular formula is C18H22N6. The lowest BCUT2D eigenvalue weighted by molar-refractivity contribution is 0.332. The summed E-state index contributed by atoms with van der Waals surface area (Å²) in [4.78, 5) is 16.6. The Morgan fingerprint density at radius 2 is 1.96 bits per heavy atom. The number of aromatic amines is 1. The quantitative estimate of drug-likeness (QED) is 0.640. The molecule has 0 unspecified atom stereocenters. The van der Waals surface area contributed by atoms with E-state index in [2.05, 4.69) is 44.4 Å². The van der Waals surface area contributed by atoms with Crippen LogP contribution in [0.3, 0.4) is 0 Å². The minimum Gasteiger partial charge on any atom is -0.354 e. The number of aromatic nitrogens is 4. The van der Waals surface area contributed by atoms with Gasteiger partial charge in [0, 0.05) is 12.2 Å². The van der Waals surface area contributed by atoms with Crippen LogP contribution in [0.2, 0.25) is 0 Å². The zero-order valence-corrected chi connectivity index (χ0v) is 14.0. The van der Waals surface area contributed by atoms with Gasteiger partial charge in [0.2, 0.25) is 5.95 Å². The zero-order valence-electron chi connectivity index (χ0n) is 14.0. The Morgan fingerprint density at radius 1 is 1.17 bits per heavy atom. The number of imidazole rings is 1. The lowest BCUT2D eigenvalue weighted by atomic mass is 9.87. The highest BCUT2D eigenvalue weighted by Crippen LogP contribution is 2.45. The molecule has 1 aromatic carbocycles. The Balaban J connectivity index is 1.60. The summed E-state index contributed by atoms with van der Waals surface area (Å²) < 4.78 is 0. The van der Waals surface area contributed by atoms with E-state index >= 15 is 0 Å². The first-order chi connectivity index (χ1) is 11.6. The lowest BCUT2D eigenvalue weighted by Crippen LogP contribution is -2.26. The predicted molar refractivity (Wildman–Crippen MR) is 96.4 cm³/mol. The van der Waals surface area contributed by atoms with Gasteiger partial charge in [0.15, 0.2) is 11.5 Å². The van der Waals surface area contributed by atoms with E-state index in [9.17, 15) is 0 Å². The molecule has 0 amide bonds. The number of para-hydroxylation sites is 1. The summed E-state index contributed by atoms with van der Waals surface area (Å²) in [5.41, 5.74) is 2.72. The smallest absolute Gasteiger partial charge is 0.226 e. The molecule has 4 rings (SSSR count). The van der Waals surface area contributed by atoms with Gasteiger partial charge in [-0.05, 0) is 36.3 Å². The Labute approximate surface area is 141 Å². The van der Waals surface area contributed by atoms with Crippen LogP contribution in [0.15, 0.2) is 36.7 Å². The molecule has 1 aliphatic rings. The van der Waals surface area contributed by atoms with E-state index in [0.717, 1.165) is 29.5 Å². The van der Waals surface area contributed by atoms with E-state index in [1.54, 1.807) is 6.33 Å². The normalized spacial score (nSPS) is 14.8. The van der Waals surface area contributed by atoms with Crippen molar-refractivity contribution < 1.29 is 0 Å². The molecule has 0 bridgehead atoms. The van der Waals surface area contributed by atoms with Gasteiger partial charge in [-0.2, -0.15) is 9.97 Å². The second kappa shape index (κ2) is 5.78. The van der Waals surface area contributed by atoms with Crippen LogP contribution in [0, 0.1) is 11.3 Å². The second-order valence-corrected chi connectivity index (χ2v) is 7.10. The van der Waals surface area contributed by atoms with Gasteiger partial charge in [-0.3, -0.25) is 0 Å². The third-order valence-electron chi connectivity index (χ3n) is 4.71. The van der Waals surface area contributed by atoms with Crippen molar-refractivity contribution in [2.45, 2.75) is 26.7 Å². The van der Waals surface area contributed by atoms with Crippen LogP contribution < -0.4 is 10.6 Å². The maximum Gasteiger partial charge on any atom is 0.226 e. The van der Waals surface area contributed by atoms with Crippen LogP contribution >= 0.6 is 0 Å². The fourth-order valence-corrected chi connectivity index (χ4v) is 2.98. The van der Waals surface area contributed by atoms with Crippen LogP contribution in [0.5, 0.6) is 0 Å². The van der Waals surface area contributed by atoms with Gasteiger partial charge >= 0.3 is 0 Å². The molecule has 124 valence electrons. The fourth-order valence-electron chi connectivity index (χ4n) is 2.98. The molecule has 1 saturated carbocycles. The Kier molecular flexibility index (Phi) is 3.59. The monoisotopic (exact) mass is 322 g/mol. The van der Waals surface area contributed by atoms with Crippen molar-refractivity contribution in [1.82, 2.24) is 19.9 Å². The molecule has 24 heavy (non-hydrogen) atoms. The molecular weight excluding hydrogens is 300 g/mol. The number of fused-ring (bicyclic) bond motifs is 1. The average molecular weight is 322 g/mol. The number of hydrogen-bond acceptors (Lipinski definition) is 5. The molecule has 0 spiro atoms. The molecule has 0 atom stereocenters. The van der Waals surface area contributed by atoms with Gasteiger partial charge in [-0.1, -0.05) is 32.0 Å². The van der Waals surface area contributed by atoms with E-state index < -0.39 is 0 Å². The molecule has 0 radical (unpaired) electrons. The third kappa shape index (κ3) is 3.04. The van der Waals surface area contributed by atoms with Crippen LogP contribution in [0.25, 0.3) is 11.2 Å². The molecule has 1 aliphatic carbocycles. The van der Waals surface area contributed by atoms with Crippen molar-refractivity contribution in [2.75, 3.05) is 17.2 Å². The van der Waals surface area contributed by atoms with Crippen molar-refractivity contribution >= 4 is 28.6 Å². The van der Waals surface area contributed by atoms with Gasteiger partial charge in [0.05, 0.1) is 6.33 Å². The number of nitrogens with zero attached hydrogens (tertiary/aromatic N) is 3. The SMILES string of the molecule is CC(C)(CNc1nc(Nc2ccccc2)c2[nH]cnc2n1)C1CC1. The molecule has 1 fully saturated rings. The molecule has 2 aromatic heterocycles. The van der Waals surface area contributed by atoms with Crippen molar-refractivity contribution in [3.63, 3.8) is 0 Å². The lowest BCUT2D eigenvalue weighted by Gasteiger charge is -2.24. The van der Waals surface area contributed by atoms with Gasteiger partial charge in [-0.25, -0.2) is 4.98 Å². The third-order valence-corrected chi connectivity index (χ3v) is 4.71. The molecule has 6 nitrogen and oxygen atoms in total. The maximum absolute atomic E-state index is 4.65. The van der Waals surface area contributed by atoms with E-state index in [4.69, 9.17) is 0 Å². The number of anilines is 3. The standard InChI is InChI=1S/C18H22N6/c1-18(2,12-8-9-12)10-19-17-23-15-14(20-11-21-15)16(24-17)22-13-6-4-3-5-7-13/h3-7,11-12H,8-10H2,1-2H3,(H3,19,20,21,22,23,24). The maximum atomic E-state index is 4.65. The fraction of sp³-hybridized carbons (Fsp3) is 0.389. The van der Waals surface area contributed by atoms with Crippen LogP contribution in [-0.2, 0) is 0 Å². The molecule has 2 heterocycles. The van der Waals surface area contributed by atoms with Gasteiger partial charge in [0.1, 0.15) is 5.52 Å². The van der Waals surface area contributed by atoms with Crippen molar-refractivity contribution in [3.8, 4) is 0 Å². The highest BCUT2D eigenvalue weighted by molar-refractivity contribution is 5.86. The van der Waals surface area contributed by atoms with Crippen LogP contribution in [0.1, 0.15) is 26.7 Å². The summed E-state index contributed by atoms with van der Waals surface area (Å²) >= 11 is 0. The number of H-pyrrole nitrogens is 1.